The van der Waals surface area contributed by atoms with Crippen LogP contribution in [0.1, 0.15) is 24.4 Å². The first-order chi connectivity index (χ1) is 10.6. The number of halogens is 2. The molecule has 2 heterocycles. The molecule has 0 bridgehead atoms. The van der Waals surface area contributed by atoms with Crippen LogP contribution in [0.5, 0.6) is 11.5 Å². The fraction of sp³-hybridized carbons (Fsp3) is 0.500. The molecular weight excluding hydrogens is 290 g/mol. The number of alkyl halides is 2. The number of nitrogens with zero attached hydrogens (tertiary/aromatic N) is 1. The summed E-state index contributed by atoms with van der Waals surface area (Å²) in [4.78, 5) is 2.30. The summed E-state index contributed by atoms with van der Waals surface area (Å²) in [5.41, 5.74) is 0.762. The number of para-hydroxylation sites is 1. The molecule has 0 aromatic heterocycles. The molecule has 0 aliphatic carbocycles. The third kappa shape index (κ3) is 3.08. The van der Waals surface area contributed by atoms with Gasteiger partial charge in [0.25, 0.3) is 0 Å². The van der Waals surface area contributed by atoms with Gasteiger partial charge in [-0.1, -0.05) is 18.2 Å². The number of fused-ring (bicyclic) bond motifs is 1. The molecule has 1 aromatic rings. The minimum atomic E-state index is -3.58. The van der Waals surface area contributed by atoms with E-state index in [-0.39, 0.29) is 17.5 Å². The highest BCUT2D eigenvalue weighted by atomic mass is 19.3. The standard InChI is InChI=1S/C16H20F2N2O2/c1-2-3-6-13(20-10-8-19-9-11-20)12-5-4-7-14-15(12)22-16(17,18)21-14/h2,4-5,7,13,19H,1,3,6,8-11H2/t13-/m1/s1. The number of benzene rings is 1. The van der Waals surface area contributed by atoms with E-state index < -0.39 is 6.29 Å². The molecule has 1 aromatic carbocycles. The predicted molar refractivity (Wildman–Crippen MR) is 79.3 cm³/mol. The third-order valence-corrected chi connectivity index (χ3v) is 4.05. The number of hydrogen-bond donors (Lipinski definition) is 1. The van der Waals surface area contributed by atoms with Gasteiger partial charge in [0.1, 0.15) is 0 Å². The van der Waals surface area contributed by atoms with Gasteiger partial charge in [0.05, 0.1) is 0 Å². The van der Waals surface area contributed by atoms with Gasteiger partial charge < -0.3 is 14.8 Å². The Bertz CT molecular complexity index is 545. The van der Waals surface area contributed by atoms with Crippen LogP contribution in [0.2, 0.25) is 0 Å². The fourth-order valence-electron chi connectivity index (χ4n) is 3.06. The zero-order valence-electron chi connectivity index (χ0n) is 12.4. The van der Waals surface area contributed by atoms with Gasteiger partial charge in [-0.2, -0.15) is 0 Å². The van der Waals surface area contributed by atoms with Gasteiger partial charge in [-0.3, -0.25) is 4.90 Å². The molecule has 0 unspecified atom stereocenters. The lowest BCUT2D eigenvalue weighted by molar-refractivity contribution is -0.287. The van der Waals surface area contributed by atoms with Gasteiger partial charge in [0.2, 0.25) is 0 Å². The largest absolute Gasteiger partial charge is 0.586 e. The van der Waals surface area contributed by atoms with Gasteiger partial charge >= 0.3 is 6.29 Å². The second-order valence-corrected chi connectivity index (χ2v) is 5.51. The number of piperazine rings is 1. The van der Waals surface area contributed by atoms with Crippen LogP contribution in [0, 0.1) is 0 Å². The molecule has 22 heavy (non-hydrogen) atoms. The van der Waals surface area contributed by atoms with Crippen LogP contribution in [-0.2, 0) is 0 Å². The highest BCUT2D eigenvalue weighted by molar-refractivity contribution is 5.50. The van der Waals surface area contributed by atoms with E-state index in [1.54, 1.807) is 6.07 Å². The Morgan fingerprint density at radius 3 is 2.82 bits per heavy atom. The maximum Gasteiger partial charge on any atom is 0.586 e. The summed E-state index contributed by atoms with van der Waals surface area (Å²) in [6.07, 6.45) is -0.0976. The summed E-state index contributed by atoms with van der Waals surface area (Å²) in [6.45, 7) is 7.31. The molecule has 1 fully saturated rings. The molecule has 0 spiro atoms. The van der Waals surface area contributed by atoms with Crippen molar-refractivity contribution in [2.24, 2.45) is 0 Å². The number of rotatable bonds is 5. The summed E-state index contributed by atoms with van der Waals surface area (Å²) in [5.74, 6) is 0.279. The molecule has 6 heteroatoms. The minimum absolute atomic E-state index is 0.0209. The van der Waals surface area contributed by atoms with Crippen LogP contribution in [0.15, 0.2) is 30.9 Å². The van der Waals surface area contributed by atoms with E-state index in [4.69, 9.17) is 4.74 Å². The van der Waals surface area contributed by atoms with Gasteiger partial charge in [-0.05, 0) is 18.9 Å². The third-order valence-electron chi connectivity index (χ3n) is 4.05. The summed E-state index contributed by atoms with van der Waals surface area (Å²) in [7, 11) is 0. The SMILES string of the molecule is C=CCC[C@H](c1cccc2c1OC(F)(F)O2)N1CCNCC1. The van der Waals surface area contributed by atoms with E-state index in [1.165, 1.54) is 6.07 Å². The molecule has 3 rings (SSSR count). The molecule has 1 N–H and O–H groups in total. The van der Waals surface area contributed by atoms with Crippen LogP contribution in [-0.4, -0.2) is 37.4 Å². The lowest BCUT2D eigenvalue weighted by Crippen LogP contribution is -2.45. The first-order valence-electron chi connectivity index (χ1n) is 7.55. The maximum atomic E-state index is 13.4. The first kappa shape index (κ1) is 15.2. The fourth-order valence-corrected chi connectivity index (χ4v) is 3.06. The molecule has 2 aliphatic rings. The Morgan fingerprint density at radius 1 is 1.32 bits per heavy atom. The van der Waals surface area contributed by atoms with E-state index >= 15 is 0 Å². The van der Waals surface area contributed by atoms with E-state index in [2.05, 4.69) is 21.5 Å². The predicted octanol–water partition coefficient (Wildman–Crippen LogP) is 2.92. The van der Waals surface area contributed by atoms with Crippen molar-refractivity contribution in [3.63, 3.8) is 0 Å². The smallest absolute Gasteiger partial charge is 0.395 e. The lowest BCUT2D eigenvalue weighted by atomic mass is 9.98. The monoisotopic (exact) mass is 310 g/mol. The minimum Gasteiger partial charge on any atom is -0.395 e. The first-order valence-corrected chi connectivity index (χ1v) is 7.55. The number of allylic oxidation sites excluding steroid dienone is 1. The Hall–Kier alpha value is -1.66. The summed E-state index contributed by atoms with van der Waals surface area (Å²) >= 11 is 0. The van der Waals surface area contributed by atoms with Crippen LogP contribution < -0.4 is 14.8 Å². The number of ether oxygens (including phenoxy) is 2. The second-order valence-electron chi connectivity index (χ2n) is 5.51. The van der Waals surface area contributed by atoms with Crippen LogP contribution >= 0.6 is 0 Å². The molecule has 0 amide bonds. The van der Waals surface area contributed by atoms with Gasteiger partial charge in [-0.25, -0.2) is 0 Å². The van der Waals surface area contributed by atoms with E-state index in [0.717, 1.165) is 44.6 Å². The molecule has 1 atom stereocenters. The second kappa shape index (κ2) is 6.22. The molecule has 0 radical (unpaired) electrons. The normalized spacial score (nSPS) is 21.5. The number of hydrogen-bond acceptors (Lipinski definition) is 4. The van der Waals surface area contributed by atoms with Gasteiger partial charge in [0.15, 0.2) is 11.5 Å². The molecule has 120 valence electrons. The maximum absolute atomic E-state index is 13.4. The van der Waals surface area contributed by atoms with E-state index in [0.29, 0.717) is 0 Å². The summed E-state index contributed by atoms with van der Waals surface area (Å²) < 4.78 is 36.1. The van der Waals surface area contributed by atoms with Crippen molar-refractivity contribution in [1.29, 1.82) is 0 Å². The van der Waals surface area contributed by atoms with Gasteiger partial charge in [0, 0.05) is 37.8 Å². The lowest BCUT2D eigenvalue weighted by Gasteiger charge is -2.35. The van der Waals surface area contributed by atoms with Crippen LogP contribution in [0.3, 0.4) is 0 Å². The van der Waals surface area contributed by atoms with Crippen molar-refractivity contribution in [2.45, 2.75) is 25.2 Å². The van der Waals surface area contributed by atoms with Crippen LogP contribution in [0.25, 0.3) is 0 Å². The Kier molecular flexibility index (Phi) is 4.31. The van der Waals surface area contributed by atoms with Crippen molar-refractivity contribution in [2.75, 3.05) is 26.2 Å². The molecule has 1 saturated heterocycles. The molecule has 0 saturated carbocycles. The molecular formula is C16H20F2N2O2. The summed E-state index contributed by atoms with van der Waals surface area (Å²) in [6, 6.07) is 5.12. The van der Waals surface area contributed by atoms with Crippen molar-refractivity contribution >= 4 is 0 Å². The Balaban J connectivity index is 1.91. The highest BCUT2D eigenvalue weighted by Gasteiger charge is 2.45. The molecule has 4 nitrogen and oxygen atoms in total. The zero-order chi connectivity index (χ0) is 15.6. The Morgan fingerprint density at radius 2 is 2.09 bits per heavy atom. The van der Waals surface area contributed by atoms with Crippen LogP contribution in [0.4, 0.5) is 8.78 Å². The van der Waals surface area contributed by atoms with Crippen molar-refractivity contribution < 1.29 is 18.3 Å². The van der Waals surface area contributed by atoms with E-state index in [9.17, 15) is 8.78 Å². The molecule has 2 aliphatic heterocycles. The highest BCUT2D eigenvalue weighted by Crippen LogP contribution is 2.47. The van der Waals surface area contributed by atoms with E-state index in [1.807, 2.05) is 12.1 Å². The average molecular weight is 310 g/mol. The number of nitrogens with one attached hydrogen (secondary N) is 1. The quantitative estimate of drug-likeness (QED) is 0.848. The average Bonchev–Trinajstić information content (AvgIpc) is 2.83. The van der Waals surface area contributed by atoms with Gasteiger partial charge in [-0.15, -0.1) is 15.4 Å². The van der Waals surface area contributed by atoms with Crippen molar-refractivity contribution in [3.05, 3.63) is 36.4 Å². The zero-order valence-corrected chi connectivity index (χ0v) is 12.4. The Labute approximate surface area is 128 Å². The van der Waals surface area contributed by atoms with Crippen molar-refractivity contribution in [3.8, 4) is 11.5 Å². The summed E-state index contributed by atoms with van der Waals surface area (Å²) in [5, 5.41) is 3.30. The van der Waals surface area contributed by atoms with Crippen molar-refractivity contribution in [1.82, 2.24) is 10.2 Å². The topological polar surface area (TPSA) is 33.7 Å².